The van der Waals surface area contributed by atoms with Crippen molar-refractivity contribution in [2.24, 2.45) is 0 Å². The molecule has 2 aromatic heterocycles. The molecule has 120 valence electrons. The van der Waals surface area contributed by atoms with Crippen LogP contribution in [0.4, 0.5) is 5.69 Å². The summed E-state index contributed by atoms with van der Waals surface area (Å²) in [7, 11) is 0. The van der Waals surface area contributed by atoms with Gasteiger partial charge in [0.25, 0.3) is 5.56 Å². The van der Waals surface area contributed by atoms with E-state index in [4.69, 9.17) is 0 Å². The zero-order chi connectivity index (χ0) is 16.5. The lowest BCUT2D eigenvalue weighted by Crippen LogP contribution is -2.35. The molecule has 1 aromatic carbocycles. The summed E-state index contributed by atoms with van der Waals surface area (Å²) < 4.78 is 1.36. The number of rotatable bonds is 3. The van der Waals surface area contributed by atoms with Crippen LogP contribution in [0, 0.1) is 0 Å². The van der Waals surface area contributed by atoms with Gasteiger partial charge in [0.05, 0.1) is 16.9 Å². The van der Waals surface area contributed by atoms with Crippen molar-refractivity contribution in [2.45, 2.75) is 13.0 Å². The molecule has 0 bridgehead atoms. The van der Waals surface area contributed by atoms with Gasteiger partial charge in [-0.2, -0.15) is 0 Å². The van der Waals surface area contributed by atoms with E-state index in [1.165, 1.54) is 33.9 Å². The Kier molecular flexibility index (Phi) is 3.74. The van der Waals surface area contributed by atoms with Gasteiger partial charge in [-0.3, -0.25) is 14.2 Å². The summed E-state index contributed by atoms with van der Waals surface area (Å²) in [6, 6.07) is 13.2. The number of nitrogens with zero attached hydrogens (tertiary/aromatic N) is 3. The predicted octanol–water partition coefficient (Wildman–Crippen LogP) is 2.56. The van der Waals surface area contributed by atoms with Crippen molar-refractivity contribution >= 4 is 22.9 Å². The van der Waals surface area contributed by atoms with E-state index in [9.17, 15) is 9.59 Å². The van der Waals surface area contributed by atoms with Crippen molar-refractivity contribution in [1.82, 2.24) is 9.55 Å². The molecule has 0 fully saturated rings. The number of amides is 1. The first-order chi connectivity index (χ1) is 11.7. The number of anilines is 1. The van der Waals surface area contributed by atoms with Crippen molar-refractivity contribution in [3.63, 3.8) is 0 Å². The fraction of sp³-hybridized carbons (Fsp3) is 0.167. The fourth-order valence-electron chi connectivity index (χ4n) is 2.93. The first kappa shape index (κ1) is 14.8. The van der Waals surface area contributed by atoms with Crippen molar-refractivity contribution in [1.29, 1.82) is 0 Å². The fourth-order valence-corrected chi connectivity index (χ4v) is 3.63. The Balaban J connectivity index is 1.56. The molecule has 0 saturated heterocycles. The van der Waals surface area contributed by atoms with Gasteiger partial charge in [-0.05, 0) is 29.5 Å². The lowest BCUT2D eigenvalue weighted by molar-refractivity contribution is -0.119. The quantitative estimate of drug-likeness (QED) is 0.738. The van der Waals surface area contributed by atoms with E-state index < -0.39 is 0 Å². The van der Waals surface area contributed by atoms with Crippen LogP contribution in [0.1, 0.15) is 5.56 Å². The largest absolute Gasteiger partial charge is 0.310 e. The van der Waals surface area contributed by atoms with Crippen molar-refractivity contribution in [3.05, 3.63) is 70.1 Å². The monoisotopic (exact) mass is 337 g/mol. The number of para-hydroxylation sites is 1. The van der Waals surface area contributed by atoms with E-state index in [0.717, 1.165) is 17.0 Å². The molecule has 1 aliphatic heterocycles. The second-order valence-electron chi connectivity index (χ2n) is 5.64. The molecule has 0 aliphatic carbocycles. The average molecular weight is 337 g/mol. The molecule has 0 spiro atoms. The SMILES string of the molecule is O=C(Cn1cnc(-c2cccs2)cc1=O)N1CCc2ccccc21. The molecule has 0 saturated carbocycles. The first-order valence-electron chi connectivity index (χ1n) is 7.71. The van der Waals surface area contributed by atoms with Crippen LogP contribution in [0.2, 0.25) is 0 Å². The zero-order valence-corrected chi connectivity index (χ0v) is 13.7. The number of aromatic nitrogens is 2. The van der Waals surface area contributed by atoms with E-state index in [1.54, 1.807) is 4.90 Å². The number of carbonyl (C=O) groups excluding carboxylic acids is 1. The molecule has 4 rings (SSSR count). The van der Waals surface area contributed by atoms with E-state index in [1.807, 2.05) is 41.8 Å². The summed E-state index contributed by atoms with van der Waals surface area (Å²) in [6.45, 7) is 0.665. The Morgan fingerprint density at radius 2 is 2.08 bits per heavy atom. The third kappa shape index (κ3) is 2.65. The van der Waals surface area contributed by atoms with E-state index >= 15 is 0 Å². The minimum Gasteiger partial charge on any atom is -0.310 e. The molecule has 1 aliphatic rings. The van der Waals surface area contributed by atoms with Gasteiger partial charge in [-0.15, -0.1) is 11.3 Å². The molecule has 0 N–H and O–H groups in total. The predicted molar refractivity (Wildman–Crippen MR) is 94.3 cm³/mol. The number of fused-ring (bicyclic) bond motifs is 1. The maximum Gasteiger partial charge on any atom is 0.254 e. The highest BCUT2D eigenvalue weighted by atomic mass is 32.1. The Morgan fingerprint density at radius 1 is 1.21 bits per heavy atom. The van der Waals surface area contributed by atoms with Crippen LogP contribution in [0.3, 0.4) is 0 Å². The van der Waals surface area contributed by atoms with Gasteiger partial charge in [-0.1, -0.05) is 24.3 Å². The van der Waals surface area contributed by atoms with E-state index in [0.29, 0.717) is 12.2 Å². The van der Waals surface area contributed by atoms with Crippen molar-refractivity contribution in [3.8, 4) is 10.6 Å². The summed E-state index contributed by atoms with van der Waals surface area (Å²) in [5, 5.41) is 1.94. The maximum atomic E-state index is 12.6. The number of benzene rings is 1. The van der Waals surface area contributed by atoms with Crippen LogP contribution in [0.5, 0.6) is 0 Å². The van der Waals surface area contributed by atoms with Crippen LogP contribution in [-0.2, 0) is 17.8 Å². The van der Waals surface area contributed by atoms with Gasteiger partial charge < -0.3 is 4.90 Å². The number of hydrogen-bond donors (Lipinski definition) is 0. The molecular formula is C18H15N3O2S. The number of carbonyl (C=O) groups is 1. The minimum absolute atomic E-state index is 0.00485. The third-order valence-corrected chi connectivity index (χ3v) is 5.04. The molecule has 3 aromatic rings. The topological polar surface area (TPSA) is 55.2 Å². The summed E-state index contributed by atoms with van der Waals surface area (Å²) in [5.41, 5.74) is 2.54. The summed E-state index contributed by atoms with van der Waals surface area (Å²) in [6.07, 6.45) is 2.31. The Hall–Kier alpha value is -2.73. The zero-order valence-electron chi connectivity index (χ0n) is 12.9. The average Bonchev–Trinajstić information content (AvgIpc) is 3.26. The highest BCUT2D eigenvalue weighted by Crippen LogP contribution is 2.27. The maximum absolute atomic E-state index is 12.6. The van der Waals surface area contributed by atoms with Crippen LogP contribution in [0.15, 0.2) is 59.0 Å². The Morgan fingerprint density at radius 3 is 2.88 bits per heavy atom. The van der Waals surface area contributed by atoms with Gasteiger partial charge in [0.1, 0.15) is 6.54 Å². The summed E-state index contributed by atoms with van der Waals surface area (Å²) >= 11 is 1.53. The van der Waals surface area contributed by atoms with Crippen LogP contribution < -0.4 is 10.5 Å². The standard InChI is InChI=1S/C18H15N3O2S/c22-17-10-14(16-6-3-9-24-16)19-12-20(17)11-18(23)21-8-7-13-4-1-2-5-15(13)21/h1-6,9-10,12H,7-8,11H2. The van der Waals surface area contributed by atoms with Crippen LogP contribution in [0.25, 0.3) is 10.6 Å². The second kappa shape index (κ2) is 6.05. The number of hydrogen-bond acceptors (Lipinski definition) is 4. The van der Waals surface area contributed by atoms with Crippen LogP contribution >= 0.6 is 11.3 Å². The van der Waals surface area contributed by atoms with E-state index in [-0.39, 0.29) is 18.0 Å². The first-order valence-corrected chi connectivity index (χ1v) is 8.59. The highest BCUT2D eigenvalue weighted by molar-refractivity contribution is 7.13. The van der Waals surface area contributed by atoms with Gasteiger partial charge in [0, 0.05) is 18.3 Å². The summed E-state index contributed by atoms with van der Waals surface area (Å²) in [5.74, 6) is -0.0901. The summed E-state index contributed by atoms with van der Waals surface area (Å²) in [4.78, 5) is 31.9. The molecule has 6 heteroatoms. The van der Waals surface area contributed by atoms with Crippen molar-refractivity contribution in [2.75, 3.05) is 11.4 Å². The van der Waals surface area contributed by atoms with Gasteiger partial charge in [-0.25, -0.2) is 4.98 Å². The normalized spacial score (nSPS) is 13.1. The Bertz CT molecular complexity index is 947. The molecule has 3 heterocycles. The Labute approximate surface area is 142 Å². The second-order valence-corrected chi connectivity index (χ2v) is 6.59. The third-order valence-electron chi connectivity index (χ3n) is 4.15. The molecule has 0 atom stereocenters. The molecule has 0 radical (unpaired) electrons. The molecule has 24 heavy (non-hydrogen) atoms. The van der Waals surface area contributed by atoms with Crippen LogP contribution in [-0.4, -0.2) is 22.0 Å². The smallest absolute Gasteiger partial charge is 0.254 e. The van der Waals surface area contributed by atoms with Gasteiger partial charge >= 0.3 is 0 Å². The van der Waals surface area contributed by atoms with Gasteiger partial charge in [0.15, 0.2) is 0 Å². The minimum atomic E-state index is -0.214. The number of thiophene rings is 1. The molecule has 0 unspecified atom stereocenters. The van der Waals surface area contributed by atoms with Gasteiger partial charge in [0.2, 0.25) is 5.91 Å². The lowest BCUT2D eigenvalue weighted by Gasteiger charge is -2.17. The van der Waals surface area contributed by atoms with E-state index in [2.05, 4.69) is 4.98 Å². The molecular weight excluding hydrogens is 322 g/mol. The highest BCUT2D eigenvalue weighted by Gasteiger charge is 2.24. The molecule has 1 amide bonds. The van der Waals surface area contributed by atoms with Crippen molar-refractivity contribution < 1.29 is 4.79 Å². The lowest BCUT2D eigenvalue weighted by atomic mass is 10.2. The molecule has 5 nitrogen and oxygen atoms in total.